The summed E-state index contributed by atoms with van der Waals surface area (Å²) >= 11 is 0. The molecule has 0 aliphatic heterocycles. The molecule has 1 saturated carbocycles. The van der Waals surface area contributed by atoms with Gasteiger partial charge in [0.05, 0.1) is 11.8 Å². The number of amides is 1. The number of hydrogen-bond donors (Lipinski definition) is 3. The van der Waals surface area contributed by atoms with Gasteiger partial charge in [0.1, 0.15) is 12.0 Å². The summed E-state index contributed by atoms with van der Waals surface area (Å²) in [6.07, 6.45) is 12.5. The van der Waals surface area contributed by atoms with Crippen molar-refractivity contribution in [3.63, 3.8) is 0 Å². The zero-order chi connectivity index (χ0) is 21.9. The second kappa shape index (κ2) is 8.66. The first-order valence-electron chi connectivity index (χ1n) is 10.4. The number of nitrogens with zero attached hydrogens (tertiary/aromatic N) is 5. The summed E-state index contributed by atoms with van der Waals surface area (Å²) in [5.41, 5.74) is 1.89. The van der Waals surface area contributed by atoms with Crippen molar-refractivity contribution < 1.29 is 9.18 Å². The van der Waals surface area contributed by atoms with Crippen LogP contribution >= 0.6 is 0 Å². The van der Waals surface area contributed by atoms with Crippen molar-refractivity contribution in [1.82, 2.24) is 35.2 Å². The van der Waals surface area contributed by atoms with E-state index in [1.165, 1.54) is 6.33 Å². The molecule has 10 heteroatoms. The molecule has 0 bridgehead atoms. The summed E-state index contributed by atoms with van der Waals surface area (Å²) in [7, 11) is 0. The molecule has 4 aromatic rings. The number of carbonyl (C=O) groups is 1. The molecule has 9 nitrogen and oxygen atoms in total. The Bertz CT molecular complexity index is 1250. The number of fused-ring (bicyclic) bond motifs is 1. The van der Waals surface area contributed by atoms with Crippen LogP contribution in [0.1, 0.15) is 36.0 Å². The van der Waals surface area contributed by atoms with Gasteiger partial charge in [-0.05, 0) is 37.8 Å². The molecular formula is C22H21FN8O. The fourth-order valence-electron chi connectivity index (χ4n) is 4.05. The lowest BCUT2D eigenvalue weighted by molar-refractivity contribution is 0.0926. The van der Waals surface area contributed by atoms with E-state index in [2.05, 4.69) is 40.5 Å². The number of aromatic amines is 1. The third kappa shape index (κ3) is 4.11. The Morgan fingerprint density at radius 1 is 1.12 bits per heavy atom. The Hall–Kier alpha value is -3.95. The van der Waals surface area contributed by atoms with Gasteiger partial charge in [0.15, 0.2) is 17.5 Å². The van der Waals surface area contributed by atoms with Crippen LogP contribution in [0, 0.1) is 5.82 Å². The minimum absolute atomic E-state index is 0.0101. The van der Waals surface area contributed by atoms with Crippen molar-refractivity contribution in [3.05, 3.63) is 60.8 Å². The molecule has 1 fully saturated rings. The molecule has 0 aromatic carbocycles. The molecule has 5 rings (SSSR count). The molecule has 4 heterocycles. The number of pyridine rings is 1. The molecular weight excluding hydrogens is 411 g/mol. The van der Waals surface area contributed by atoms with E-state index >= 15 is 0 Å². The SMILES string of the molecule is O=C(NC1CCCC(Nc2nc(-c3c[nH]c4ncncc34)ncc2F)C1)c1cccnc1. The number of aromatic nitrogens is 6. The molecule has 3 N–H and O–H groups in total. The van der Waals surface area contributed by atoms with E-state index in [0.29, 0.717) is 29.0 Å². The normalized spacial score (nSPS) is 18.4. The van der Waals surface area contributed by atoms with Crippen molar-refractivity contribution in [3.8, 4) is 11.4 Å². The van der Waals surface area contributed by atoms with E-state index in [-0.39, 0.29) is 23.8 Å². The van der Waals surface area contributed by atoms with Crippen LogP contribution in [0.15, 0.2) is 49.4 Å². The first kappa shape index (κ1) is 20.0. The van der Waals surface area contributed by atoms with Crippen molar-refractivity contribution in [2.45, 2.75) is 37.8 Å². The van der Waals surface area contributed by atoms with Crippen LogP contribution in [0.25, 0.3) is 22.4 Å². The van der Waals surface area contributed by atoms with Crippen LogP contribution in [-0.2, 0) is 0 Å². The molecule has 162 valence electrons. The van der Waals surface area contributed by atoms with E-state index < -0.39 is 5.82 Å². The van der Waals surface area contributed by atoms with Crippen molar-refractivity contribution in [2.24, 2.45) is 0 Å². The smallest absolute Gasteiger partial charge is 0.253 e. The predicted octanol–water partition coefficient (Wildman–Crippen LogP) is 3.10. The molecule has 1 aliphatic carbocycles. The monoisotopic (exact) mass is 432 g/mol. The lowest BCUT2D eigenvalue weighted by Crippen LogP contribution is -2.42. The summed E-state index contributed by atoms with van der Waals surface area (Å²) < 4.78 is 14.5. The van der Waals surface area contributed by atoms with E-state index in [4.69, 9.17) is 0 Å². The molecule has 2 unspecified atom stereocenters. The Kier molecular flexibility index (Phi) is 5.40. The van der Waals surface area contributed by atoms with Crippen molar-refractivity contribution >= 4 is 22.8 Å². The maximum Gasteiger partial charge on any atom is 0.253 e. The molecule has 2 atom stereocenters. The molecule has 0 radical (unpaired) electrons. The van der Waals surface area contributed by atoms with Crippen LogP contribution in [0.5, 0.6) is 0 Å². The highest BCUT2D eigenvalue weighted by Crippen LogP contribution is 2.27. The van der Waals surface area contributed by atoms with Crippen LogP contribution < -0.4 is 10.6 Å². The number of nitrogens with one attached hydrogen (secondary N) is 3. The van der Waals surface area contributed by atoms with Crippen LogP contribution in [0.3, 0.4) is 0 Å². The van der Waals surface area contributed by atoms with Crippen LogP contribution in [0.4, 0.5) is 10.2 Å². The Labute approximate surface area is 183 Å². The number of hydrogen-bond acceptors (Lipinski definition) is 7. The second-order valence-corrected chi connectivity index (χ2v) is 7.80. The van der Waals surface area contributed by atoms with E-state index in [1.54, 1.807) is 36.9 Å². The van der Waals surface area contributed by atoms with E-state index in [1.807, 2.05) is 0 Å². The zero-order valence-corrected chi connectivity index (χ0v) is 17.1. The quantitative estimate of drug-likeness (QED) is 0.443. The fraction of sp³-hybridized carbons (Fsp3) is 0.273. The Morgan fingerprint density at radius 3 is 2.91 bits per heavy atom. The minimum atomic E-state index is -0.522. The summed E-state index contributed by atoms with van der Waals surface area (Å²) in [5, 5.41) is 7.03. The van der Waals surface area contributed by atoms with Gasteiger partial charge in [-0.15, -0.1) is 0 Å². The molecule has 0 saturated heterocycles. The lowest BCUT2D eigenvalue weighted by atomic mass is 9.90. The third-order valence-corrected chi connectivity index (χ3v) is 5.61. The number of rotatable bonds is 5. The maximum atomic E-state index is 14.5. The zero-order valence-electron chi connectivity index (χ0n) is 17.1. The molecule has 1 amide bonds. The van der Waals surface area contributed by atoms with E-state index in [0.717, 1.165) is 30.8 Å². The van der Waals surface area contributed by atoms with Crippen molar-refractivity contribution in [2.75, 3.05) is 5.32 Å². The molecule has 0 spiro atoms. The van der Waals surface area contributed by atoms with Gasteiger partial charge in [-0.2, -0.15) is 0 Å². The number of H-pyrrole nitrogens is 1. The number of anilines is 1. The Morgan fingerprint density at radius 2 is 2.03 bits per heavy atom. The summed E-state index contributed by atoms with van der Waals surface area (Å²) in [4.78, 5) is 36.3. The van der Waals surface area contributed by atoms with Gasteiger partial charge < -0.3 is 15.6 Å². The highest BCUT2D eigenvalue weighted by Gasteiger charge is 2.25. The fourth-order valence-corrected chi connectivity index (χ4v) is 4.05. The third-order valence-electron chi connectivity index (χ3n) is 5.61. The largest absolute Gasteiger partial charge is 0.365 e. The predicted molar refractivity (Wildman–Crippen MR) is 116 cm³/mol. The summed E-state index contributed by atoms with van der Waals surface area (Å²) in [6.45, 7) is 0. The van der Waals surface area contributed by atoms with E-state index in [9.17, 15) is 9.18 Å². The first-order valence-corrected chi connectivity index (χ1v) is 10.4. The van der Waals surface area contributed by atoms with Gasteiger partial charge in [0.25, 0.3) is 5.91 Å². The minimum Gasteiger partial charge on any atom is -0.365 e. The van der Waals surface area contributed by atoms with Gasteiger partial charge in [0.2, 0.25) is 0 Å². The van der Waals surface area contributed by atoms with Crippen LogP contribution in [0.2, 0.25) is 0 Å². The topological polar surface area (TPSA) is 121 Å². The molecule has 1 aliphatic rings. The van der Waals surface area contributed by atoms with Gasteiger partial charge in [-0.1, -0.05) is 0 Å². The summed E-state index contributed by atoms with van der Waals surface area (Å²) in [6, 6.07) is 3.43. The second-order valence-electron chi connectivity index (χ2n) is 7.80. The van der Waals surface area contributed by atoms with Gasteiger partial charge in [0, 0.05) is 47.8 Å². The number of carbonyl (C=O) groups excluding carboxylic acids is 1. The lowest BCUT2D eigenvalue weighted by Gasteiger charge is -2.30. The highest BCUT2D eigenvalue weighted by atomic mass is 19.1. The highest BCUT2D eigenvalue weighted by molar-refractivity contribution is 5.94. The Balaban J connectivity index is 1.30. The summed E-state index contributed by atoms with van der Waals surface area (Å²) in [5.74, 6) is -0.148. The molecule has 4 aromatic heterocycles. The first-order chi connectivity index (χ1) is 15.7. The van der Waals surface area contributed by atoms with Gasteiger partial charge in [-0.25, -0.2) is 24.3 Å². The average molecular weight is 432 g/mol. The molecule has 32 heavy (non-hydrogen) atoms. The van der Waals surface area contributed by atoms with Gasteiger partial charge in [-0.3, -0.25) is 9.78 Å². The number of halogens is 1. The van der Waals surface area contributed by atoms with Gasteiger partial charge >= 0.3 is 0 Å². The average Bonchev–Trinajstić information content (AvgIpc) is 3.26. The standard InChI is InChI=1S/C22H21FN8O/c23-18-11-27-20(17-10-26-19-16(17)9-25-12-28-19)31-21(18)29-14-4-1-5-15(7-14)30-22(32)13-3-2-6-24-8-13/h2-3,6,8-12,14-15H,1,4-5,7H2,(H,30,32)(H,25,26,28)(H,27,29,31). The maximum absolute atomic E-state index is 14.5. The van der Waals surface area contributed by atoms with Crippen molar-refractivity contribution in [1.29, 1.82) is 0 Å². The van der Waals surface area contributed by atoms with Crippen LogP contribution in [-0.4, -0.2) is 47.9 Å².